The lowest BCUT2D eigenvalue weighted by Gasteiger charge is -2.05. The van der Waals surface area contributed by atoms with Gasteiger partial charge in [0.05, 0.1) is 24.8 Å². The molecule has 4 rings (SSSR count). The minimum absolute atomic E-state index is 0.312. The number of benzene rings is 2. The average Bonchev–Trinajstić information content (AvgIpc) is 3.48. The van der Waals surface area contributed by atoms with E-state index in [9.17, 15) is 4.79 Å². The Labute approximate surface area is 180 Å². The number of furan rings is 1. The number of amides is 1. The zero-order valence-corrected chi connectivity index (χ0v) is 17.1. The van der Waals surface area contributed by atoms with Gasteiger partial charge in [0.1, 0.15) is 11.4 Å². The van der Waals surface area contributed by atoms with Gasteiger partial charge in [0, 0.05) is 17.3 Å². The number of nitrogens with zero attached hydrogens (tertiary/aromatic N) is 3. The van der Waals surface area contributed by atoms with E-state index in [-0.39, 0.29) is 5.91 Å². The number of rotatable bonds is 8. The standard InChI is InChI=1S/C24H22N4O3/c1-2-14-30-21-12-10-18(11-13-21)24(29)26-25-16-19-17-28(20-7-4-3-5-8-20)27-23(19)22-9-6-15-31-22/h3-13,15-17H,2,14H2,1H3,(H,26,29)/b25-16-. The SMILES string of the molecule is CCCOc1ccc(C(=O)N/N=C\c2cn(-c3ccccc3)nc2-c2ccco2)cc1. The highest BCUT2D eigenvalue weighted by Gasteiger charge is 2.13. The first kappa shape index (κ1) is 20.2. The largest absolute Gasteiger partial charge is 0.494 e. The highest BCUT2D eigenvalue weighted by molar-refractivity contribution is 5.95. The summed E-state index contributed by atoms with van der Waals surface area (Å²) in [6.45, 7) is 2.69. The van der Waals surface area contributed by atoms with Crippen LogP contribution in [0, 0.1) is 0 Å². The Morgan fingerprint density at radius 2 is 1.94 bits per heavy atom. The van der Waals surface area contributed by atoms with Gasteiger partial charge >= 0.3 is 0 Å². The molecule has 0 saturated heterocycles. The van der Waals surface area contributed by atoms with Crippen LogP contribution >= 0.6 is 0 Å². The lowest BCUT2D eigenvalue weighted by molar-refractivity contribution is 0.0955. The molecular formula is C24H22N4O3. The molecule has 1 amide bonds. The number of hydrogen-bond donors (Lipinski definition) is 1. The predicted molar refractivity (Wildman–Crippen MR) is 119 cm³/mol. The number of para-hydroxylation sites is 1. The van der Waals surface area contributed by atoms with Crippen LogP contribution in [0.15, 0.2) is 88.7 Å². The summed E-state index contributed by atoms with van der Waals surface area (Å²) in [4.78, 5) is 12.4. The number of carbonyl (C=O) groups excluding carboxylic acids is 1. The Hall–Kier alpha value is -4.13. The van der Waals surface area contributed by atoms with E-state index in [4.69, 9.17) is 9.15 Å². The summed E-state index contributed by atoms with van der Waals surface area (Å²) in [7, 11) is 0. The third-order valence-corrected chi connectivity index (χ3v) is 4.48. The Morgan fingerprint density at radius 3 is 2.65 bits per heavy atom. The molecule has 31 heavy (non-hydrogen) atoms. The van der Waals surface area contributed by atoms with Crippen molar-refractivity contribution in [2.45, 2.75) is 13.3 Å². The fraction of sp³-hybridized carbons (Fsp3) is 0.125. The Bertz CT molecular complexity index is 1150. The molecule has 7 nitrogen and oxygen atoms in total. The van der Waals surface area contributed by atoms with E-state index >= 15 is 0 Å². The molecule has 2 aromatic heterocycles. The van der Waals surface area contributed by atoms with Gasteiger partial charge in [0.15, 0.2) is 5.76 Å². The number of carbonyl (C=O) groups is 1. The average molecular weight is 414 g/mol. The van der Waals surface area contributed by atoms with E-state index in [1.165, 1.54) is 0 Å². The van der Waals surface area contributed by atoms with Crippen LogP contribution in [0.1, 0.15) is 29.3 Å². The van der Waals surface area contributed by atoms with E-state index in [0.29, 0.717) is 29.2 Å². The van der Waals surface area contributed by atoms with Gasteiger partial charge in [-0.05, 0) is 55.0 Å². The van der Waals surface area contributed by atoms with Gasteiger partial charge in [-0.15, -0.1) is 0 Å². The Morgan fingerprint density at radius 1 is 1.13 bits per heavy atom. The van der Waals surface area contributed by atoms with Gasteiger partial charge in [0.2, 0.25) is 0 Å². The molecule has 7 heteroatoms. The molecule has 0 aliphatic heterocycles. The molecular weight excluding hydrogens is 392 g/mol. The zero-order valence-electron chi connectivity index (χ0n) is 17.1. The van der Waals surface area contributed by atoms with Crippen molar-refractivity contribution in [3.8, 4) is 22.9 Å². The summed E-state index contributed by atoms with van der Waals surface area (Å²) in [5, 5.41) is 8.73. The molecule has 2 aromatic carbocycles. The highest BCUT2D eigenvalue weighted by atomic mass is 16.5. The second-order valence-electron chi connectivity index (χ2n) is 6.76. The maximum Gasteiger partial charge on any atom is 0.271 e. The molecule has 0 bridgehead atoms. The van der Waals surface area contributed by atoms with Crippen LogP contribution in [0.25, 0.3) is 17.1 Å². The van der Waals surface area contributed by atoms with Gasteiger partial charge in [-0.1, -0.05) is 25.1 Å². The number of ether oxygens (including phenoxy) is 1. The highest BCUT2D eigenvalue weighted by Crippen LogP contribution is 2.23. The summed E-state index contributed by atoms with van der Waals surface area (Å²) in [6.07, 6.45) is 5.91. The van der Waals surface area contributed by atoms with Crippen LogP contribution in [-0.4, -0.2) is 28.5 Å². The van der Waals surface area contributed by atoms with Crippen molar-refractivity contribution >= 4 is 12.1 Å². The second-order valence-corrected chi connectivity index (χ2v) is 6.76. The Balaban J connectivity index is 1.50. The van der Waals surface area contributed by atoms with Crippen molar-refractivity contribution in [3.63, 3.8) is 0 Å². The molecule has 0 saturated carbocycles. The van der Waals surface area contributed by atoms with E-state index in [0.717, 1.165) is 17.9 Å². The molecule has 0 fully saturated rings. The van der Waals surface area contributed by atoms with Gasteiger partial charge in [0.25, 0.3) is 5.91 Å². The van der Waals surface area contributed by atoms with Crippen molar-refractivity contribution in [1.82, 2.24) is 15.2 Å². The minimum atomic E-state index is -0.312. The normalized spacial score (nSPS) is 11.0. The lowest BCUT2D eigenvalue weighted by Crippen LogP contribution is -2.17. The number of hydrazone groups is 1. The van der Waals surface area contributed by atoms with E-state index < -0.39 is 0 Å². The van der Waals surface area contributed by atoms with Crippen LogP contribution in [0.4, 0.5) is 0 Å². The molecule has 0 aliphatic carbocycles. The first-order chi connectivity index (χ1) is 15.2. The summed E-state index contributed by atoms with van der Waals surface area (Å²) < 4.78 is 12.8. The van der Waals surface area contributed by atoms with Gasteiger partial charge in [-0.3, -0.25) is 4.79 Å². The first-order valence-electron chi connectivity index (χ1n) is 10.00. The lowest BCUT2D eigenvalue weighted by atomic mass is 10.2. The molecule has 156 valence electrons. The molecule has 0 radical (unpaired) electrons. The van der Waals surface area contributed by atoms with Crippen LogP contribution < -0.4 is 10.2 Å². The number of aromatic nitrogens is 2. The van der Waals surface area contributed by atoms with Crippen molar-refractivity contribution in [2.24, 2.45) is 5.10 Å². The molecule has 0 spiro atoms. The molecule has 4 aromatic rings. The van der Waals surface area contributed by atoms with Crippen LogP contribution in [0.5, 0.6) is 5.75 Å². The summed E-state index contributed by atoms with van der Waals surface area (Å²) in [5.74, 6) is 1.04. The fourth-order valence-corrected chi connectivity index (χ4v) is 2.95. The summed E-state index contributed by atoms with van der Waals surface area (Å²) >= 11 is 0. The van der Waals surface area contributed by atoms with Gasteiger partial charge < -0.3 is 9.15 Å². The van der Waals surface area contributed by atoms with Crippen LogP contribution in [-0.2, 0) is 0 Å². The van der Waals surface area contributed by atoms with Crippen LogP contribution in [0.3, 0.4) is 0 Å². The van der Waals surface area contributed by atoms with Gasteiger partial charge in [-0.25, -0.2) is 10.1 Å². The van der Waals surface area contributed by atoms with Crippen molar-refractivity contribution in [3.05, 3.63) is 90.3 Å². The number of hydrogen-bond acceptors (Lipinski definition) is 5. The second kappa shape index (κ2) is 9.58. The molecule has 2 heterocycles. The maximum absolute atomic E-state index is 12.4. The van der Waals surface area contributed by atoms with E-state index in [1.807, 2.05) is 49.5 Å². The molecule has 1 N–H and O–H groups in total. The number of nitrogens with one attached hydrogen (secondary N) is 1. The monoisotopic (exact) mass is 414 g/mol. The van der Waals surface area contributed by atoms with E-state index in [1.54, 1.807) is 47.5 Å². The van der Waals surface area contributed by atoms with Gasteiger partial charge in [-0.2, -0.15) is 10.2 Å². The van der Waals surface area contributed by atoms with Crippen molar-refractivity contribution < 1.29 is 13.9 Å². The molecule has 0 unspecified atom stereocenters. The third kappa shape index (κ3) is 4.90. The molecule has 0 atom stereocenters. The first-order valence-corrected chi connectivity index (χ1v) is 10.00. The van der Waals surface area contributed by atoms with Crippen LogP contribution in [0.2, 0.25) is 0 Å². The smallest absolute Gasteiger partial charge is 0.271 e. The summed E-state index contributed by atoms with van der Waals surface area (Å²) in [5.41, 5.74) is 5.29. The zero-order chi connectivity index (χ0) is 21.5. The Kier molecular flexibility index (Phi) is 6.23. The summed E-state index contributed by atoms with van der Waals surface area (Å²) in [6, 6.07) is 20.3. The topological polar surface area (TPSA) is 81.6 Å². The van der Waals surface area contributed by atoms with Crippen molar-refractivity contribution in [2.75, 3.05) is 6.61 Å². The fourth-order valence-electron chi connectivity index (χ4n) is 2.95. The third-order valence-electron chi connectivity index (χ3n) is 4.48. The quantitative estimate of drug-likeness (QED) is 0.335. The van der Waals surface area contributed by atoms with Crippen molar-refractivity contribution in [1.29, 1.82) is 0 Å². The molecule has 0 aliphatic rings. The predicted octanol–water partition coefficient (Wildman–Crippen LogP) is 4.69. The maximum atomic E-state index is 12.4. The minimum Gasteiger partial charge on any atom is -0.494 e. The van der Waals surface area contributed by atoms with E-state index in [2.05, 4.69) is 15.6 Å².